The largest absolute Gasteiger partial charge is 0.360 e. The Bertz CT molecular complexity index is 792. The first-order chi connectivity index (χ1) is 11.3. The van der Waals surface area contributed by atoms with Gasteiger partial charge in [-0.2, -0.15) is 0 Å². The van der Waals surface area contributed by atoms with Gasteiger partial charge in [0.25, 0.3) is 0 Å². The van der Waals surface area contributed by atoms with Crippen molar-refractivity contribution in [2.75, 3.05) is 0 Å². The molecular weight excluding hydrogens is 308 g/mol. The van der Waals surface area contributed by atoms with Crippen LogP contribution in [0.2, 0.25) is 0 Å². The Kier molecular flexibility index (Phi) is 3.91. The van der Waals surface area contributed by atoms with Gasteiger partial charge < -0.3 is 9.09 Å². The van der Waals surface area contributed by atoms with E-state index in [1.165, 1.54) is 18.4 Å². The SMILES string of the molecule is Cc1cc(CSc2nnc(C3CC3)n2Cc2ccccc2)on1. The molecule has 2 aromatic heterocycles. The van der Waals surface area contributed by atoms with Crippen LogP contribution in [0.15, 0.2) is 46.1 Å². The van der Waals surface area contributed by atoms with Crippen LogP contribution in [0.5, 0.6) is 0 Å². The van der Waals surface area contributed by atoms with Crippen LogP contribution in [0.4, 0.5) is 0 Å². The van der Waals surface area contributed by atoms with Crippen molar-refractivity contribution in [3.63, 3.8) is 0 Å². The average Bonchev–Trinajstić information content (AvgIpc) is 3.21. The standard InChI is InChI=1S/C17H18N4OS/c1-12-9-15(22-20-12)11-23-17-19-18-16(14-7-8-14)21(17)10-13-5-3-2-4-6-13/h2-6,9,14H,7-8,10-11H2,1H3. The molecule has 0 atom stereocenters. The van der Waals surface area contributed by atoms with Crippen molar-refractivity contribution in [1.82, 2.24) is 19.9 Å². The summed E-state index contributed by atoms with van der Waals surface area (Å²) in [6.45, 7) is 2.75. The molecule has 0 radical (unpaired) electrons. The quantitative estimate of drug-likeness (QED) is 0.645. The predicted molar refractivity (Wildman–Crippen MR) is 88.3 cm³/mol. The van der Waals surface area contributed by atoms with Crippen molar-refractivity contribution >= 4 is 11.8 Å². The third-order valence-corrected chi connectivity index (χ3v) is 4.88. The van der Waals surface area contributed by atoms with Crippen molar-refractivity contribution < 1.29 is 4.52 Å². The highest BCUT2D eigenvalue weighted by molar-refractivity contribution is 7.98. The normalized spacial score (nSPS) is 14.3. The Labute approximate surface area is 139 Å². The molecule has 1 fully saturated rings. The number of nitrogens with zero attached hydrogens (tertiary/aromatic N) is 4. The Hall–Kier alpha value is -2.08. The molecule has 0 spiro atoms. The number of benzene rings is 1. The van der Waals surface area contributed by atoms with Crippen LogP contribution in [0.1, 0.15) is 41.6 Å². The van der Waals surface area contributed by atoms with Crippen molar-refractivity contribution in [3.05, 3.63) is 59.2 Å². The second-order valence-corrected chi connectivity index (χ2v) is 6.85. The highest BCUT2D eigenvalue weighted by Crippen LogP contribution is 2.40. The maximum absolute atomic E-state index is 5.28. The number of aryl methyl sites for hydroxylation is 1. The maximum atomic E-state index is 5.28. The molecule has 0 unspecified atom stereocenters. The molecule has 0 bridgehead atoms. The summed E-state index contributed by atoms with van der Waals surface area (Å²) < 4.78 is 7.53. The molecule has 1 aliphatic carbocycles. The molecule has 3 aromatic rings. The molecule has 2 heterocycles. The van der Waals surface area contributed by atoms with Crippen LogP contribution < -0.4 is 0 Å². The van der Waals surface area contributed by atoms with Crippen molar-refractivity contribution in [3.8, 4) is 0 Å². The highest BCUT2D eigenvalue weighted by Gasteiger charge is 2.30. The zero-order valence-electron chi connectivity index (χ0n) is 13.0. The molecular formula is C17H18N4OS. The topological polar surface area (TPSA) is 56.7 Å². The lowest BCUT2D eigenvalue weighted by molar-refractivity contribution is 0.391. The molecule has 0 aliphatic heterocycles. The number of hydrogen-bond donors (Lipinski definition) is 0. The van der Waals surface area contributed by atoms with E-state index >= 15 is 0 Å². The van der Waals surface area contributed by atoms with Gasteiger partial charge in [0.15, 0.2) is 5.16 Å². The van der Waals surface area contributed by atoms with Gasteiger partial charge in [0.2, 0.25) is 0 Å². The molecule has 5 nitrogen and oxygen atoms in total. The van der Waals surface area contributed by atoms with Crippen LogP contribution in [0.3, 0.4) is 0 Å². The van der Waals surface area contributed by atoms with Crippen molar-refractivity contribution in [2.45, 2.75) is 43.1 Å². The molecule has 0 amide bonds. The molecule has 23 heavy (non-hydrogen) atoms. The third-order valence-electron chi connectivity index (χ3n) is 3.89. The molecule has 1 saturated carbocycles. The number of thioether (sulfide) groups is 1. The summed E-state index contributed by atoms with van der Waals surface area (Å²) in [5.74, 6) is 3.28. The molecule has 0 saturated heterocycles. The minimum atomic E-state index is 0.577. The van der Waals surface area contributed by atoms with Crippen LogP contribution in [-0.4, -0.2) is 19.9 Å². The van der Waals surface area contributed by atoms with Gasteiger partial charge in [-0.3, -0.25) is 0 Å². The van der Waals surface area contributed by atoms with Crippen LogP contribution in [-0.2, 0) is 12.3 Å². The van der Waals surface area contributed by atoms with E-state index in [1.807, 2.05) is 19.1 Å². The molecule has 118 valence electrons. The maximum Gasteiger partial charge on any atom is 0.191 e. The molecule has 1 aliphatic rings. The summed E-state index contributed by atoms with van der Waals surface area (Å²) in [6.07, 6.45) is 2.44. The second-order valence-electron chi connectivity index (χ2n) is 5.91. The number of hydrogen-bond acceptors (Lipinski definition) is 5. The van der Waals surface area contributed by atoms with Crippen LogP contribution in [0, 0.1) is 6.92 Å². The number of rotatable bonds is 6. The zero-order chi connectivity index (χ0) is 15.6. The van der Waals surface area contributed by atoms with Crippen LogP contribution >= 0.6 is 11.8 Å². The zero-order valence-corrected chi connectivity index (χ0v) is 13.8. The summed E-state index contributed by atoms with van der Waals surface area (Å²) in [4.78, 5) is 0. The lowest BCUT2D eigenvalue weighted by Gasteiger charge is -2.09. The van der Waals surface area contributed by atoms with Gasteiger partial charge in [-0.1, -0.05) is 47.3 Å². The average molecular weight is 326 g/mol. The van der Waals surface area contributed by atoms with Gasteiger partial charge in [-0.15, -0.1) is 10.2 Å². The first-order valence-electron chi connectivity index (χ1n) is 7.81. The summed E-state index contributed by atoms with van der Waals surface area (Å²) in [7, 11) is 0. The van der Waals surface area contributed by atoms with Gasteiger partial charge in [-0.05, 0) is 25.3 Å². The Morgan fingerprint density at radius 1 is 1.22 bits per heavy atom. The molecule has 6 heteroatoms. The minimum absolute atomic E-state index is 0.577. The van der Waals surface area contributed by atoms with E-state index in [0.29, 0.717) is 5.92 Å². The Morgan fingerprint density at radius 3 is 2.74 bits per heavy atom. The smallest absolute Gasteiger partial charge is 0.191 e. The van der Waals surface area contributed by atoms with Crippen molar-refractivity contribution in [1.29, 1.82) is 0 Å². The summed E-state index contributed by atoms with van der Waals surface area (Å²) in [5.41, 5.74) is 2.18. The highest BCUT2D eigenvalue weighted by atomic mass is 32.2. The van der Waals surface area contributed by atoms with E-state index in [-0.39, 0.29) is 0 Å². The Morgan fingerprint density at radius 2 is 2.04 bits per heavy atom. The monoisotopic (exact) mass is 326 g/mol. The van der Waals surface area contributed by atoms with Gasteiger partial charge in [-0.25, -0.2) is 0 Å². The molecule has 4 rings (SSSR count). The molecule has 0 N–H and O–H groups in total. The second kappa shape index (κ2) is 6.20. The predicted octanol–water partition coefficient (Wildman–Crippen LogP) is 3.79. The van der Waals surface area contributed by atoms with Crippen LogP contribution in [0.25, 0.3) is 0 Å². The Balaban J connectivity index is 1.56. The minimum Gasteiger partial charge on any atom is -0.360 e. The van der Waals surface area contributed by atoms with Gasteiger partial charge in [0, 0.05) is 12.0 Å². The van der Waals surface area contributed by atoms with Gasteiger partial charge >= 0.3 is 0 Å². The van der Waals surface area contributed by atoms with Crippen molar-refractivity contribution in [2.24, 2.45) is 0 Å². The summed E-state index contributed by atoms with van der Waals surface area (Å²) in [5, 5.41) is 13.7. The van der Waals surface area contributed by atoms with Gasteiger partial charge in [0.1, 0.15) is 11.6 Å². The van der Waals surface area contributed by atoms with E-state index < -0.39 is 0 Å². The summed E-state index contributed by atoms with van der Waals surface area (Å²) in [6, 6.07) is 12.4. The van der Waals surface area contributed by atoms with E-state index in [4.69, 9.17) is 4.52 Å². The van der Waals surface area contributed by atoms with E-state index in [1.54, 1.807) is 11.8 Å². The van der Waals surface area contributed by atoms with E-state index in [9.17, 15) is 0 Å². The fourth-order valence-corrected chi connectivity index (χ4v) is 3.40. The first-order valence-corrected chi connectivity index (χ1v) is 8.80. The molecule has 1 aromatic carbocycles. The lowest BCUT2D eigenvalue weighted by atomic mass is 10.2. The lowest BCUT2D eigenvalue weighted by Crippen LogP contribution is -2.06. The number of aromatic nitrogens is 4. The first kappa shape index (κ1) is 14.5. The van der Waals surface area contributed by atoms with Gasteiger partial charge in [0.05, 0.1) is 18.0 Å². The summed E-state index contributed by atoms with van der Waals surface area (Å²) >= 11 is 1.65. The van der Waals surface area contributed by atoms with E-state index in [2.05, 4.69) is 44.2 Å². The fourth-order valence-electron chi connectivity index (χ4n) is 2.58. The van der Waals surface area contributed by atoms with E-state index in [0.717, 1.165) is 34.7 Å². The fraction of sp³-hybridized carbons (Fsp3) is 0.353. The third kappa shape index (κ3) is 3.32.